The van der Waals surface area contributed by atoms with Crippen LogP contribution in [-0.2, 0) is 0 Å². The summed E-state index contributed by atoms with van der Waals surface area (Å²) in [7, 11) is 0. The number of rotatable bonds is 3. The quantitative estimate of drug-likeness (QED) is 0.824. The molecule has 1 aromatic heterocycles. The number of hydrogen-bond acceptors (Lipinski definition) is 3. The number of nitrogens with one attached hydrogen (secondary N) is 1. The van der Waals surface area contributed by atoms with Gasteiger partial charge in [-0.2, -0.15) is 0 Å². The van der Waals surface area contributed by atoms with Crippen molar-refractivity contribution >= 4 is 11.9 Å². The standard InChI is InChI=1S/C12H19N3/c1-6-7-11-9(4)15-12(10(5)14-11)13-8(2)3/h6-8H,1-5H3,(H,13,15). The van der Waals surface area contributed by atoms with E-state index in [0.29, 0.717) is 6.04 Å². The van der Waals surface area contributed by atoms with E-state index in [1.165, 1.54) is 0 Å². The van der Waals surface area contributed by atoms with Crippen LogP contribution in [0.25, 0.3) is 6.08 Å². The molecule has 1 aromatic rings. The van der Waals surface area contributed by atoms with Gasteiger partial charge in [-0.15, -0.1) is 0 Å². The fourth-order valence-corrected chi connectivity index (χ4v) is 1.35. The van der Waals surface area contributed by atoms with Gasteiger partial charge in [0.1, 0.15) is 5.82 Å². The Bertz CT molecular complexity index is 367. The minimum atomic E-state index is 0.380. The highest BCUT2D eigenvalue weighted by atomic mass is 15.0. The largest absolute Gasteiger partial charge is 0.366 e. The molecule has 0 bridgehead atoms. The summed E-state index contributed by atoms with van der Waals surface area (Å²) in [4.78, 5) is 9.01. The first-order chi connectivity index (χ1) is 7.04. The van der Waals surface area contributed by atoms with E-state index >= 15 is 0 Å². The smallest absolute Gasteiger partial charge is 0.148 e. The summed E-state index contributed by atoms with van der Waals surface area (Å²) in [5.41, 5.74) is 2.86. The van der Waals surface area contributed by atoms with Gasteiger partial charge in [0, 0.05) is 6.04 Å². The van der Waals surface area contributed by atoms with Gasteiger partial charge in [0.25, 0.3) is 0 Å². The van der Waals surface area contributed by atoms with Crippen LogP contribution < -0.4 is 5.32 Å². The third-order valence-corrected chi connectivity index (χ3v) is 2.03. The fraction of sp³-hybridized carbons (Fsp3) is 0.500. The molecule has 1 rings (SSSR count). The van der Waals surface area contributed by atoms with E-state index < -0.39 is 0 Å². The molecule has 82 valence electrons. The Balaban J connectivity index is 3.07. The maximum atomic E-state index is 4.51. The van der Waals surface area contributed by atoms with Gasteiger partial charge in [-0.1, -0.05) is 6.08 Å². The molecule has 0 saturated carbocycles. The highest BCUT2D eigenvalue weighted by Gasteiger charge is 2.06. The molecule has 3 heteroatoms. The summed E-state index contributed by atoms with van der Waals surface area (Å²) in [6.07, 6.45) is 3.96. The van der Waals surface area contributed by atoms with Gasteiger partial charge in [0.15, 0.2) is 0 Å². The van der Waals surface area contributed by atoms with E-state index in [-0.39, 0.29) is 0 Å². The molecular weight excluding hydrogens is 186 g/mol. The van der Waals surface area contributed by atoms with Crippen LogP contribution in [0.1, 0.15) is 37.9 Å². The van der Waals surface area contributed by atoms with Crippen molar-refractivity contribution < 1.29 is 0 Å². The lowest BCUT2D eigenvalue weighted by Gasteiger charge is -2.12. The van der Waals surface area contributed by atoms with Gasteiger partial charge in [-0.25, -0.2) is 9.97 Å². The molecule has 0 aromatic carbocycles. The molecule has 0 aliphatic rings. The predicted octanol–water partition coefficient (Wildman–Crippen LogP) is 2.95. The molecule has 1 N–H and O–H groups in total. The number of nitrogens with zero attached hydrogens (tertiary/aromatic N) is 2. The molecule has 0 saturated heterocycles. The maximum absolute atomic E-state index is 4.51. The second kappa shape index (κ2) is 4.91. The molecule has 0 aliphatic heterocycles. The first kappa shape index (κ1) is 11.7. The summed E-state index contributed by atoms with van der Waals surface area (Å²) in [5, 5.41) is 3.29. The zero-order chi connectivity index (χ0) is 11.4. The molecular formula is C12H19N3. The Morgan fingerprint density at radius 1 is 1.13 bits per heavy atom. The van der Waals surface area contributed by atoms with Gasteiger partial charge in [-0.05, 0) is 40.7 Å². The van der Waals surface area contributed by atoms with Crippen molar-refractivity contribution in [1.29, 1.82) is 0 Å². The van der Waals surface area contributed by atoms with Crippen LogP contribution >= 0.6 is 0 Å². The molecule has 0 atom stereocenters. The third-order valence-electron chi connectivity index (χ3n) is 2.03. The average molecular weight is 205 g/mol. The number of hydrogen-bond donors (Lipinski definition) is 1. The number of aryl methyl sites for hydroxylation is 2. The lowest BCUT2D eigenvalue weighted by molar-refractivity contribution is 0.874. The van der Waals surface area contributed by atoms with E-state index in [2.05, 4.69) is 29.1 Å². The Morgan fingerprint density at radius 2 is 1.80 bits per heavy atom. The molecule has 0 radical (unpaired) electrons. The molecule has 3 nitrogen and oxygen atoms in total. The van der Waals surface area contributed by atoms with E-state index in [0.717, 1.165) is 22.9 Å². The SMILES string of the molecule is CC=Cc1nc(C)c(NC(C)C)nc1C. The lowest BCUT2D eigenvalue weighted by atomic mass is 10.2. The Kier molecular flexibility index (Phi) is 3.83. The molecule has 0 spiro atoms. The summed E-state index contributed by atoms with van der Waals surface area (Å²) < 4.78 is 0. The molecule has 15 heavy (non-hydrogen) atoms. The van der Waals surface area contributed by atoms with Gasteiger partial charge >= 0.3 is 0 Å². The van der Waals surface area contributed by atoms with Gasteiger partial charge in [0.2, 0.25) is 0 Å². The maximum Gasteiger partial charge on any atom is 0.148 e. The minimum Gasteiger partial charge on any atom is -0.366 e. The van der Waals surface area contributed by atoms with E-state index in [1.807, 2.05) is 32.9 Å². The van der Waals surface area contributed by atoms with Crippen molar-refractivity contribution in [2.75, 3.05) is 5.32 Å². The summed E-state index contributed by atoms with van der Waals surface area (Å²) in [6.45, 7) is 10.1. The average Bonchev–Trinajstić information content (AvgIpc) is 2.13. The normalized spacial score (nSPS) is 11.3. The third kappa shape index (κ3) is 3.05. The second-order valence-corrected chi connectivity index (χ2v) is 3.93. The van der Waals surface area contributed by atoms with Gasteiger partial charge in [-0.3, -0.25) is 0 Å². The number of anilines is 1. The van der Waals surface area contributed by atoms with E-state index in [4.69, 9.17) is 0 Å². The van der Waals surface area contributed by atoms with Gasteiger partial charge in [0.05, 0.1) is 17.1 Å². The minimum absolute atomic E-state index is 0.380. The molecule has 0 aliphatic carbocycles. The van der Waals surface area contributed by atoms with Crippen molar-refractivity contribution in [1.82, 2.24) is 9.97 Å². The Labute approximate surface area is 91.7 Å². The van der Waals surface area contributed by atoms with Crippen molar-refractivity contribution in [2.24, 2.45) is 0 Å². The molecule has 0 unspecified atom stereocenters. The Morgan fingerprint density at radius 3 is 2.33 bits per heavy atom. The van der Waals surface area contributed by atoms with Crippen LogP contribution in [0.3, 0.4) is 0 Å². The highest BCUT2D eigenvalue weighted by Crippen LogP contribution is 2.14. The highest BCUT2D eigenvalue weighted by molar-refractivity contribution is 5.51. The summed E-state index contributed by atoms with van der Waals surface area (Å²) in [6, 6.07) is 0.380. The lowest BCUT2D eigenvalue weighted by Crippen LogP contribution is -2.14. The molecule has 0 amide bonds. The summed E-state index contributed by atoms with van der Waals surface area (Å²) >= 11 is 0. The van der Waals surface area contributed by atoms with Crippen molar-refractivity contribution in [3.05, 3.63) is 23.2 Å². The van der Waals surface area contributed by atoms with Crippen LogP contribution in [0.2, 0.25) is 0 Å². The first-order valence-corrected chi connectivity index (χ1v) is 5.29. The number of aromatic nitrogens is 2. The van der Waals surface area contributed by atoms with Crippen molar-refractivity contribution in [3.63, 3.8) is 0 Å². The van der Waals surface area contributed by atoms with Gasteiger partial charge < -0.3 is 5.32 Å². The van der Waals surface area contributed by atoms with Crippen molar-refractivity contribution in [2.45, 2.75) is 40.7 Å². The zero-order valence-electron chi connectivity index (χ0n) is 10.1. The Hall–Kier alpha value is -1.38. The van der Waals surface area contributed by atoms with Crippen LogP contribution in [0.5, 0.6) is 0 Å². The molecule has 1 heterocycles. The van der Waals surface area contributed by atoms with Crippen molar-refractivity contribution in [3.8, 4) is 0 Å². The summed E-state index contributed by atoms with van der Waals surface area (Å²) in [5.74, 6) is 0.885. The fourth-order valence-electron chi connectivity index (χ4n) is 1.35. The van der Waals surface area contributed by atoms with E-state index in [9.17, 15) is 0 Å². The van der Waals surface area contributed by atoms with Crippen LogP contribution in [0.15, 0.2) is 6.08 Å². The monoisotopic (exact) mass is 205 g/mol. The topological polar surface area (TPSA) is 37.8 Å². The predicted molar refractivity (Wildman–Crippen MR) is 65.0 cm³/mol. The van der Waals surface area contributed by atoms with E-state index in [1.54, 1.807) is 0 Å². The second-order valence-electron chi connectivity index (χ2n) is 3.93. The van der Waals surface area contributed by atoms with Crippen LogP contribution in [-0.4, -0.2) is 16.0 Å². The van der Waals surface area contributed by atoms with Crippen LogP contribution in [0.4, 0.5) is 5.82 Å². The zero-order valence-corrected chi connectivity index (χ0v) is 10.1. The number of allylic oxidation sites excluding steroid dienone is 1. The molecule has 0 fully saturated rings. The first-order valence-electron chi connectivity index (χ1n) is 5.29. The van der Waals surface area contributed by atoms with Crippen LogP contribution in [0, 0.1) is 13.8 Å².